The Bertz CT molecular complexity index is 1260. The van der Waals surface area contributed by atoms with Gasteiger partial charge in [-0.1, -0.05) is 6.58 Å². The van der Waals surface area contributed by atoms with E-state index in [9.17, 15) is 14.0 Å². The van der Waals surface area contributed by atoms with Crippen LogP contribution in [0.3, 0.4) is 0 Å². The van der Waals surface area contributed by atoms with Crippen molar-refractivity contribution in [2.24, 2.45) is 5.73 Å². The van der Waals surface area contributed by atoms with Gasteiger partial charge in [0.25, 0.3) is 5.91 Å². The molecule has 1 fully saturated rings. The molecule has 0 saturated carbocycles. The summed E-state index contributed by atoms with van der Waals surface area (Å²) in [6, 6.07) is 3.94. The highest BCUT2D eigenvalue weighted by molar-refractivity contribution is 5.98. The summed E-state index contributed by atoms with van der Waals surface area (Å²) in [5, 5.41) is 10.3. The second-order valence-electron chi connectivity index (χ2n) is 7.91. The molecule has 3 heterocycles. The van der Waals surface area contributed by atoms with Crippen LogP contribution in [-0.4, -0.2) is 56.7 Å². The average molecular weight is 481 g/mol. The fraction of sp³-hybridized carbons (Fsp3) is 0.261. The average Bonchev–Trinajstić information content (AvgIpc) is 3.32. The van der Waals surface area contributed by atoms with E-state index in [0.29, 0.717) is 24.5 Å². The van der Waals surface area contributed by atoms with Gasteiger partial charge in [-0.25, -0.2) is 9.37 Å². The number of benzene rings is 1. The van der Waals surface area contributed by atoms with Crippen LogP contribution in [0.15, 0.2) is 49.4 Å². The minimum atomic E-state index is -0.752. The molecule has 0 bridgehead atoms. The minimum absolute atomic E-state index is 0.0201. The van der Waals surface area contributed by atoms with Gasteiger partial charge >= 0.3 is 0 Å². The summed E-state index contributed by atoms with van der Waals surface area (Å²) in [5.74, 6) is -0.745. The predicted octanol–water partition coefficient (Wildman–Crippen LogP) is 2.76. The highest BCUT2D eigenvalue weighted by atomic mass is 19.1. The quantitative estimate of drug-likeness (QED) is 0.418. The van der Waals surface area contributed by atoms with Gasteiger partial charge in [-0.15, -0.1) is 0 Å². The number of nitrogens with two attached hydrogens (primary N) is 1. The highest BCUT2D eigenvalue weighted by Crippen LogP contribution is 2.30. The number of nitrogens with one attached hydrogen (secondary N) is 2. The smallest absolute Gasteiger partial charge is 0.254 e. The summed E-state index contributed by atoms with van der Waals surface area (Å²) in [6.45, 7) is 4.79. The number of nitrogens with zero attached hydrogens (tertiary/aromatic N) is 5. The number of carbonyl (C=O) groups excluding carboxylic acids is 2. The molecule has 1 aliphatic heterocycles. The van der Waals surface area contributed by atoms with E-state index in [4.69, 9.17) is 10.5 Å². The summed E-state index contributed by atoms with van der Waals surface area (Å²) in [4.78, 5) is 34.1. The molecule has 0 unspecified atom stereocenters. The van der Waals surface area contributed by atoms with Gasteiger partial charge < -0.3 is 26.0 Å². The fourth-order valence-corrected chi connectivity index (χ4v) is 3.85. The van der Waals surface area contributed by atoms with E-state index in [1.807, 2.05) is 0 Å². The summed E-state index contributed by atoms with van der Waals surface area (Å²) < 4.78 is 20.8. The van der Waals surface area contributed by atoms with E-state index >= 15 is 0 Å². The van der Waals surface area contributed by atoms with Crippen molar-refractivity contribution in [3.63, 3.8) is 0 Å². The molecular formula is C23H25FN8O3. The van der Waals surface area contributed by atoms with Crippen molar-refractivity contribution in [3.8, 4) is 5.75 Å². The number of likely N-dealkylation sites (tertiary alicyclic amines) is 1. The van der Waals surface area contributed by atoms with Crippen LogP contribution in [0, 0.1) is 5.82 Å². The minimum Gasteiger partial charge on any atom is -0.495 e. The lowest BCUT2D eigenvalue weighted by Crippen LogP contribution is -2.39. The molecule has 2 aromatic heterocycles. The monoisotopic (exact) mass is 480 g/mol. The lowest BCUT2D eigenvalue weighted by molar-refractivity contribution is -0.127. The Hall–Kier alpha value is -4.48. The second-order valence-corrected chi connectivity index (χ2v) is 7.91. The van der Waals surface area contributed by atoms with Gasteiger partial charge in [0, 0.05) is 31.5 Å². The predicted molar refractivity (Wildman–Crippen MR) is 127 cm³/mol. The van der Waals surface area contributed by atoms with Crippen LogP contribution in [0.1, 0.15) is 29.2 Å². The molecular weight excluding hydrogens is 455 g/mol. The largest absolute Gasteiger partial charge is 0.495 e. The van der Waals surface area contributed by atoms with Gasteiger partial charge in [0.1, 0.15) is 22.9 Å². The van der Waals surface area contributed by atoms with E-state index in [-0.39, 0.29) is 35.0 Å². The molecule has 1 aromatic carbocycles. The summed E-state index contributed by atoms with van der Waals surface area (Å²) in [5.41, 5.74) is 6.36. The maximum atomic E-state index is 13.8. The lowest BCUT2D eigenvalue weighted by Gasteiger charge is -2.32. The van der Waals surface area contributed by atoms with Crippen molar-refractivity contribution >= 4 is 35.0 Å². The topological polar surface area (TPSA) is 140 Å². The number of halogens is 1. The summed E-state index contributed by atoms with van der Waals surface area (Å²) in [7, 11) is 1.44. The highest BCUT2D eigenvalue weighted by Gasteiger charge is 2.24. The number of rotatable bonds is 8. The number of aromatic nitrogens is 4. The molecule has 182 valence electrons. The van der Waals surface area contributed by atoms with Crippen LogP contribution in [-0.2, 0) is 4.79 Å². The number of anilines is 4. The first-order chi connectivity index (χ1) is 16.9. The normalized spacial score (nSPS) is 15.4. The third-order valence-corrected chi connectivity index (χ3v) is 5.58. The molecule has 1 aliphatic rings. The number of carbonyl (C=O) groups is 2. The van der Waals surface area contributed by atoms with Gasteiger partial charge in [0.05, 0.1) is 30.7 Å². The van der Waals surface area contributed by atoms with Crippen LogP contribution in [0.5, 0.6) is 5.75 Å². The zero-order chi connectivity index (χ0) is 24.9. The first kappa shape index (κ1) is 23.7. The van der Waals surface area contributed by atoms with Crippen LogP contribution in [0.4, 0.5) is 27.5 Å². The molecule has 2 amide bonds. The first-order valence-electron chi connectivity index (χ1n) is 10.9. The second kappa shape index (κ2) is 10.2. The SMILES string of the molecule is C=CC(=O)N1CCC[C@H](n2cc(Nc3ncc(C(N)=O)c(Nc4cc(F)ccc4OC)n3)cn2)C1. The Morgan fingerprint density at radius 1 is 1.31 bits per heavy atom. The van der Waals surface area contributed by atoms with Crippen molar-refractivity contribution in [3.05, 3.63) is 60.8 Å². The van der Waals surface area contributed by atoms with Crippen molar-refractivity contribution in [2.45, 2.75) is 18.9 Å². The first-order valence-corrected chi connectivity index (χ1v) is 10.9. The number of piperidine rings is 1. The third kappa shape index (κ3) is 5.37. The number of amides is 2. The molecule has 1 saturated heterocycles. The fourth-order valence-electron chi connectivity index (χ4n) is 3.85. The van der Waals surface area contributed by atoms with Gasteiger partial charge in [-0.05, 0) is 31.1 Å². The van der Waals surface area contributed by atoms with E-state index < -0.39 is 11.7 Å². The standard InChI is InChI=1S/C23H25FN8O3/c1-3-20(33)31-8-4-5-16(13-31)32-12-15(10-27-32)28-23-26-11-17(21(25)34)22(30-23)29-18-9-14(24)6-7-19(18)35-2/h3,6-7,9-12,16H,1,4-5,8,13H2,2H3,(H2,25,34)(H2,26,28,29,30)/t16-/m0/s1. The van der Waals surface area contributed by atoms with E-state index in [1.54, 1.807) is 22.0 Å². The van der Waals surface area contributed by atoms with E-state index in [1.165, 1.54) is 37.6 Å². The Morgan fingerprint density at radius 2 is 2.14 bits per heavy atom. The lowest BCUT2D eigenvalue weighted by atomic mass is 10.1. The molecule has 1 atom stereocenters. The Labute approximate surface area is 200 Å². The van der Waals surface area contributed by atoms with Crippen molar-refractivity contribution in [1.82, 2.24) is 24.6 Å². The zero-order valence-electron chi connectivity index (χ0n) is 19.1. The number of hydrogen-bond acceptors (Lipinski definition) is 8. The molecule has 0 spiro atoms. The Kier molecular flexibility index (Phi) is 6.90. The van der Waals surface area contributed by atoms with Gasteiger partial charge in [-0.2, -0.15) is 10.1 Å². The molecule has 0 radical (unpaired) electrons. The van der Waals surface area contributed by atoms with Gasteiger partial charge in [0.2, 0.25) is 11.9 Å². The summed E-state index contributed by atoms with van der Waals surface area (Å²) in [6.07, 6.45) is 7.74. The Balaban J connectivity index is 1.54. The van der Waals surface area contributed by atoms with Crippen LogP contribution in [0.25, 0.3) is 0 Å². The van der Waals surface area contributed by atoms with E-state index in [0.717, 1.165) is 12.8 Å². The van der Waals surface area contributed by atoms with Crippen LogP contribution < -0.4 is 21.1 Å². The maximum Gasteiger partial charge on any atom is 0.254 e. The number of ether oxygens (including phenoxy) is 1. The summed E-state index contributed by atoms with van der Waals surface area (Å²) >= 11 is 0. The molecule has 11 nitrogen and oxygen atoms in total. The van der Waals surface area contributed by atoms with Crippen molar-refractivity contribution in [1.29, 1.82) is 0 Å². The zero-order valence-corrected chi connectivity index (χ0v) is 19.1. The molecule has 12 heteroatoms. The third-order valence-electron chi connectivity index (χ3n) is 5.58. The molecule has 0 aliphatic carbocycles. The molecule has 4 N–H and O–H groups in total. The van der Waals surface area contributed by atoms with E-state index in [2.05, 4.69) is 32.3 Å². The Morgan fingerprint density at radius 3 is 2.89 bits per heavy atom. The molecule has 3 aromatic rings. The van der Waals surface area contributed by atoms with Crippen molar-refractivity contribution in [2.75, 3.05) is 30.8 Å². The van der Waals surface area contributed by atoms with Crippen molar-refractivity contribution < 1.29 is 18.7 Å². The molecule has 4 rings (SSSR count). The maximum absolute atomic E-state index is 13.8. The van der Waals surface area contributed by atoms with Gasteiger partial charge in [-0.3, -0.25) is 14.3 Å². The van der Waals surface area contributed by atoms with Gasteiger partial charge in [0.15, 0.2) is 0 Å². The molecule has 35 heavy (non-hydrogen) atoms. The number of hydrogen-bond donors (Lipinski definition) is 3. The van der Waals surface area contributed by atoms with Crippen LogP contribution in [0.2, 0.25) is 0 Å². The van der Waals surface area contributed by atoms with Crippen LogP contribution >= 0.6 is 0 Å². The number of primary amides is 1. The number of methoxy groups -OCH3 is 1.